The second-order valence-electron chi connectivity index (χ2n) is 3.98. The fourth-order valence-corrected chi connectivity index (χ4v) is 1.83. The second-order valence-corrected chi connectivity index (χ2v) is 3.98. The van der Waals surface area contributed by atoms with Crippen molar-refractivity contribution in [3.05, 3.63) is 17.8 Å². The van der Waals surface area contributed by atoms with E-state index in [-0.39, 0.29) is 0 Å². The summed E-state index contributed by atoms with van der Waals surface area (Å²) in [5.41, 5.74) is 7.68. The average molecular weight is 207 g/mol. The monoisotopic (exact) mass is 207 g/mol. The summed E-state index contributed by atoms with van der Waals surface area (Å²) in [4.78, 5) is 6.71. The molecule has 4 heteroatoms. The van der Waals surface area contributed by atoms with Gasteiger partial charge in [0.25, 0.3) is 0 Å². The van der Waals surface area contributed by atoms with Crippen LogP contribution in [0.1, 0.15) is 12.6 Å². The fraction of sp³-hybridized carbons (Fsp3) is 0.545. The minimum atomic E-state index is 0.343. The lowest BCUT2D eigenvalue weighted by Crippen LogP contribution is -2.44. The molecule has 2 rings (SSSR count). The zero-order valence-electron chi connectivity index (χ0n) is 9.23. The minimum Gasteiger partial charge on any atom is -0.396 e. The molecule has 82 valence electrons. The lowest BCUT2D eigenvalue weighted by molar-refractivity contribution is 0.0986. The molecule has 1 unspecified atom stereocenters. The van der Waals surface area contributed by atoms with Gasteiger partial charge in [0.15, 0.2) is 5.82 Å². The van der Waals surface area contributed by atoms with Gasteiger partial charge in [0.2, 0.25) is 0 Å². The Hall–Kier alpha value is -1.29. The van der Waals surface area contributed by atoms with Crippen LogP contribution in [0, 0.1) is 6.92 Å². The molecule has 1 aromatic rings. The van der Waals surface area contributed by atoms with Crippen LogP contribution >= 0.6 is 0 Å². The molecule has 4 nitrogen and oxygen atoms in total. The summed E-state index contributed by atoms with van der Waals surface area (Å²) in [6.45, 7) is 6.47. The fourth-order valence-electron chi connectivity index (χ4n) is 1.83. The normalized spacial score (nSPS) is 21.7. The summed E-state index contributed by atoms with van der Waals surface area (Å²) in [6, 6.07) is 4.19. The molecule has 0 aliphatic carbocycles. The van der Waals surface area contributed by atoms with E-state index in [4.69, 9.17) is 10.5 Å². The van der Waals surface area contributed by atoms with E-state index in [1.165, 1.54) is 0 Å². The number of aryl methyl sites for hydroxylation is 1. The molecule has 0 spiro atoms. The van der Waals surface area contributed by atoms with Crippen molar-refractivity contribution in [1.82, 2.24) is 4.98 Å². The van der Waals surface area contributed by atoms with Crippen LogP contribution in [0.5, 0.6) is 0 Å². The van der Waals surface area contributed by atoms with Gasteiger partial charge in [-0.2, -0.15) is 0 Å². The predicted molar refractivity (Wildman–Crippen MR) is 61.0 cm³/mol. The third-order valence-electron chi connectivity index (χ3n) is 2.68. The van der Waals surface area contributed by atoms with E-state index < -0.39 is 0 Å². The van der Waals surface area contributed by atoms with Gasteiger partial charge in [-0.1, -0.05) is 0 Å². The number of nitrogen functional groups attached to an aromatic ring is 1. The summed E-state index contributed by atoms with van der Waals surface area (Å²) in [5, 5.41) is 0. The van der Waals surface area contributed by atoms with Crippen molar-refractivity contribution >= 4 is 11.5 Å². The Balaban J connectivity index is 2.30. The highest BCUT2D eigenvalue weighted by molar-refractivity contribution is 5.63. The molecule has 1 saturated heterocycles. The highest BCUT2D eigenvalue weighted by Crippen LogP contribution is 2.24. The average Bonchev–Trinajstić information content (AvgIpc) is 2.23. The van der Waals surface area contributed by atoms with Crippen LogP contribution in [-0.4, -0.2) is 30.8 Å². The molecule has 0 radical (unpaired) electrons. The number of rotatable bonds is 1. The van der Waals surface area contributed by atoms with Gasteiger partial charge in [0.1, 0.15) is 0 Å². The molecule has 0 amide bonds. The first kappa shape index (κ1) is 10.2. The molecular weight excluding hydrogens is 190 g/mol. The quantitative estimate of drug-likeness (QED) is 0.751. The van der Waals surface area contributed by atoms with Crippen molar-refractivity contribution in [2.24, 2.45) is 0 Å². The summed E-state index contributed by atoms with van der Waals surface area (Å²) in [6.07, 6.45) is 0. The zero-order chi connectivity index (χ0) is 10.8. The van der Waals surface area contributed by atoms with Gasteiger partial charge in [0.05, 0.1) is 24.9 Å². The first-order valence-electron chi connectivity index (χ1n) is 5.26. The molecule has 0 aromatic carbocycles. The molecule has 15 heavy (non-hydrogen) atoms. The summed E-state index contributed by atoms with van der Waals surface area (Å²) in [7, 11) is 0. The summed E-state index contributed by atoms with van der Waals surface area (Å²) < 4.78 is 5.39. The number of nitrogens with two attached hydrogens (primary N) is 1. The Bertz CT molecular complexity index is 354. The van der Waals surface area contributed by atoms with Crippen LogP contribution in [0.2, 0.25) is 0 Å². The van der Waals surface area contributed by atoms with Gasteiger partial charge < -0.3 is 15.4 Å². The van der Waals surface area contributed by atoms with E-state index in [0.29, 0.717) is 6.04 Å². The number of ether oxygens (including phenoxy) is 1. The Kier molecular flexibility index (Phi) is 2.77. The zero-order valence-corrected chi connectivity index (χ0v) is 9.23. The molecule has 0 bridgehead atoms. The Labute approximate surface area is 90.0 Å². The Morgan fingerprint density at radius 3 is 3.07 bits per heavy atom. The van der Waals surface area contributed by atoms with Crippen molar-refractivity contribution in [2.75, 3.05) is 30.4 Å². The summed E-state index contributed by atoms with van der Waals surface area (Å²) in [5.74, 6) is 0.894. The third-order valence-corrected chi connectivity index (χ3v) is 2.68. The van der Waals surface area contributed by atoms with Crippen molar-refractivity contribution in [2.45, 2.75) is 19.9 Å². The van der Waals surface area contributed by atoms with E-state index in [1.54, 1.807) is 0 Å². The predicted octanol–water partition coefficient (Wildman–Crippen LogP) is 1.20. The molecule has 2 heterocycles. The van der Waals surface area contributed by atoms with Gasteiger partial charge >= 0.3 is 0 Å². The smallest absolute Gasteiger partial charge is 0.152 e. The van der Waals surface area contributed by atoms with Crippen LogP contribution in [0.3, 0.4) is 0 Å². The number of hydrogen-bond donors (Lipinski definition) is 1. The van der Waals surface area contributed by atoms with Crippen molar-refractivity contribution in [3.63, 3.8) is 0 Å². The molecule has 1 fully saturated rings. The van der Waals surface area contributed by atoms with Crippen molar-refractivity contribution < 1.29 is 4.74 Å². The van der Waals surface area contributed by atoms with E-state index in [2.05, 4.69) is 16.8 Å². The van der Waals surface area contributed by atoms with Crippen LogP contribution in [0.4, 0.5) is 11.5 Å². The first-order valence-corrected chi connectivity index (χ1v) is 5.26. The molecule has 1 aromatic heterocycles. The lowest BCUT2D eigenvalue weighted by atomic mass is 10.2. The van der Waals surface area contributed by atoms with E-state index in [9.17, 15) is 0 Å². The molecule has 2 N–H and O–H groups in total. The van der Waals surface area contributed by atoms with Crippen molar-refractivity contribution in [1.29, 1.82) is 0 Å². The van der Waals surface area contributed by atoms with Gasteiger partial charge in [0, 0.05) is 12.2 Å². The highest BCUT2D eigenvalue weighted by Gasteiger charge is 2.21. The summed E-state index contributed by atoms with van der Waals surface area (Å²) >= 11 is 0. The maximum atomic E-state index is 5.94. The van der Waals surface area contributed by atoms with Crippen LogP contribution in [0.25, 0.3) is 0 Å². The number of hydrogen-bond acceptors (Lipinski definition) is 4. The number of morpholine rings is 1. The maximum Gasteiger partial charge on any atom is 0.152 e. The minimum absolute atomic E-state index is 0.343. The van der Waals surface area contributed by atoms with E-state index in [1.807, 2.05) is 19.1 Å². The second kappa shape index (κ2) is 4.06. The molecule has 1 aliphatic rings. The number of pyridine rings is 1. The standard InChI is InChI=1S/C11H17N3O/c1-8-3-4-10(12)11(13-8)14-5-6-15-7-9(14)2/h3-4,9H,5-7,12H2,1-2H3. The van der Waals surface area contributed by atoms with Gasteiger partial charge in [-0.15, -0.1) is 0 Å². The van der Waals surface area contributed by atoms with Gasteiger partial charge in [-0.3, -0.25) is 0 Å². The van der Waals surface area contributed by atoms with Crippen LogP contribution < -0.4 is 10.6 Å². The molecule has 1 atom stereocenters. The first-order chi connectivity index (χ1) is 7.18. The largest absolute Gasteiger partial charge is 0.396 e. The van der Waals surface area contributed by atoms with Crippen LogP contribution in [-0.2, 0) is 4.74 Å². The number of aromatic nitrogens is 1. The van der Waals surface area contributed by atoms with Crippen molar-refractivity contribution in [3.8, 4) is 0 Å². The molecule has 1 aliphatic heterocycles. The third kappa shape index (κ3) is 2.04. The van der Waals surface area contributed by atoms with E-state index >= 15 is 0 Å². The van der Waals surface area contributed by atoms with Gasteiger partial charge in [-0.05, 0) is 26.0 Å². The topological polar surface area (TPSA) is 51.4 Å². The Morgan fingerprint density at radius 1 is 1.53 bits per heavy atom. The maximum absolute atomic E-state index is 5.94. The van der Waals surface area contributed by atoms with Gasteiger partial charge in [-0.25, -0.2) is 4.98 Å². The lowest BCUT2D eigenvalue weighted by Gasteiger charge is -2.35. The molecule has 0 saturated carbocycles. The molecular formula is C11H17N3O. The SMILES string of the molecule is Cc1ccc(N)c(N2CCOCC2C)n1. The Morgan fingerprint density at radius 2 is 2.33 bits per heavy atom. The van der Waals surface area contributed by atoms with Crippen LogP contribution in [0.15, 0.2) is 12.1 Å². The van der Waals surface area contributed by atoms with E-state index in [0.717, 1.165) is 37.0 Å². The highest BCUT2D eigenvalue weighted by atomic mass is 16.5. The number of nitrogens with zero attached hydrogens (tertiary/aromatic N) is 2. The number of anilines is 2.